The van der Waals surface area contributed by atoms with Gasteiger partial charge in [-0.2, -0.15) is 5.10 Å². The topological polar surface area (TPSA) is 74.6 Å². The highest BCUT2D eigenvalue weighted by Gasteiger charge is 2.07. The SMILES string of the molecule is O=C(O)c1ccc(/C=N/Nc2c3ccccc3nc3ccccc23)cc1. The van der Waals surface area contributed by atoms with Crippen LogP contribution in [-0.2, 0) is 0 Å². The highest BCUT2D eigenvalue weighted by atomic mass is 16.4. The second kappa shape index (κ2) is 6.64. The summed E-state index contributed by atoms with van der Waals surface area (Å²) < 4.78 is 0. The van der Waals surface area contributed by atoms with Gasteiger partial charge in [0.15, 0.2) is 0 Å². The van der Waals surface area contributed by atoms with E-state index >= 15 is 0 Å². The van der Waals surface area contributed by atoms with Crippen molar-refractivity contribution < 1.29 is 9.90 Å². The smallest absolute Gasteiger partial charge is 0.335 e. The first-order valence-corrected chi connectivity index (χ1v) is 8.12. The molecule has 0 unspecified atom stereocenters. The summed E-state index contributed by atoms with van der Waals surface area (Å²) in [4.78, 5) is 15.6. The second-order valence-electron chi connectivity index (χ2n) is 5.82. The Labute approximate surface area is 149 Å². The average molecular weight is 341 g/mol. The molecule has 3 aromatic carbocycles. The lowest BCUT2D eigenvalue weighted by Gasteiger charge is -2.09. The fourth-order valence-electron chi connectivity index (χ4n) is 2.84. The van der Waals surface area contributed by atoms with Crippen LogP contribution in [0.5, 0.6) is 0 Å². The number of anilines is 1. The number of aromatic nitrogens is 1. The molecular weight excluding hydrogens is 326 g/mol. The van der Waals surface area contributed by atoms with Crippen LogP contribution >= 0.6 is 0 Å². The van der Waals surface area contributed by atoms with Crippen LogP contribution in [0.4, 0.5) is 5.69 Å². The minimum atomic E-state index is -0.943. The van der Waals surface area contributed by atoms with Crippen LogP contribution in [0.3, 0.4) is 0 Å². The van der Waals surface area contributed by atoms with E-state index in [1.54, 1.807) is 30.5 Å². The zero-order chi connectivity index (χ0) is 17.9. The highest BCUT2D eigenvalue weighted by molar-refractivity contribution is 6.07. The summed E-state index contributed by atoms with van der Waals surface area (Å²) in [5.41, 5.74) is 6.88. The van der Waals surface area contributed by atoms with Crippen LogP contribution in [0, 0.1) is 0 Å². The number of nitrogens with one attached hydrogen (secondary N) is 1. The maximum Gasteiger partial charge on any atom is 0.335 e. The molecule has 0 aliphatic rings. The number of carboxylic acids is 1. The number of benzene rings is 3. The Kier molecular flexibility index (Phi) is 4.03. The fourth-order valence-corrected chi connectivity index (χ4v) is 2.84. The Hall–Kier alpha value is -3.73. The third kappa shape index (κ3) is 2.98. The Morgan fingerprint density at radius 1 is 0.885 bits per heavy atom. The van der Waals surface area contributed by atoms with Crippen molar-refractivity contribution >= 4 is 39.7 Å². The number of aromatic carboxylic acids is 1. The van der Waals surface area contributed by atoms with Gasteiger partial charge in [-0.15, -0.1) is 0 Å². The van der Waals surface area contributed by atoms with E-state index in [1.165, 1.54) is 0 Å². The van der Waals surface area contributed by atoms with Crippen molar-refractivity contribution in [2.75, 3.05) is 5.43 Å². The molecule has 0 atom stereocenters. The summed E-state index contributed by atoms with van der Waals surface area (Å²) in [7, 11) is 0. The van der Waals surface area contributed by atoms with E-state index in [0.29, 0.717) is 0 Å². The predicted molar refractivity (Wildman–Crippen MR) is 104 cm³/mol. The lowest BCUT2D eigenvalue weighted by Crippen LogP contribution is -1.97. The Balaban J connectivity index is 1.70. The van der Waals surface area contributed by atoms with Crippen LogP contribution in [0.15, 0.2) is 77.9 Å². The molecule has 5 heteroatoms. The molecule has 0 radical (unpaired) electrons. The largest absolute Gasteiger partial charge is 0.478 e. The molecule has 0 aliphatic carbocycles. The number of pyridine rings is 1. The summed E-state index contributed by atoms with van der Waals surface area (Å²) in [6, 6.07) is 22.4. The number of hydrogen-bond acceptors (Lipinski definition) is 4. The molecular formula is C21H15N3O2. The zero-order valence-electron chi connectivity index (χ0n) is 13.8. The standard InChI is InChI=1S/C21H15N3O2/c25-21(26)15-11-9-14(10-12-15)13-22-24-20-16-5-1-3-7-18(16)23-19-8-4-2-6-17(19)20/h1-13H,(H,23,24)(H,25,26)/b22-13+. The fraction of sp³-hybridized carbons (Fsp3) is 0. The molecule has 0 saturated carbocycles. The maximum absolute atomic E-state index is 10.9. The number of fused-ring (bicyclic) bond motifs is 2. The normalized spacial score (nSPS) is 11.2. The van der Waals surface area contributed by atoms with Gasteiger partial charge in [0, 0.05) is 10.8 Å². The van der Waals surface area contributed by atoms with E-state index in [0.717, 1.165) is 33.1 Å². The maximum atomic E-state index is 10.9. The number of rotatable bonds is 4. The first-order chi connectivity index (χ1) is 12.7. The van der Waals surface area contributed by atoms with Gasteiger partial charge < -0.3 is 5.11 Å². The van der Waals surface area contributed by atoms with Crippen LogP contribution in [0.2, 0.25) is 0 Å². The van der Waals surface area contributed by atoms with Crippen molar-refractivity contribution in [1.29, 1.82) is 0 Å². The Morgan fingerprint density at radius 3 is 2.04 bits per heavy atom. The molecule has 0 amide bonds. The van der Waals surface area contributed by atoms with Gasteiger partial charge in [-0.05, 0) is 29.8 Å². The van der Waals surface area contributed by atoms with E-state index in [1.807, 2.05) is 48.5 Å². The molecule has 0 bridgehead atoms. The molecule has 0 fully saturated rings. The van der Waals surface area contributed by atoms with Crippen LogP contribution in [0.25, 0.3) is 21.8 Å². The van der Waals surface area contributed by atoms with E-state index in [4.69, 9.17) is 5.11 Å². The number of nitrogens with zero attached hydrogens (tertiary/aromatic N) is 2. The molecule has 126 valence electrons. The lowest BCUT2D eigenvalue weighted by atomic mass is 10.1. The van der Waals surface area contributed by atoms with Crippen LogP contribution < -0.4 is 5.43 Å². The minimum Gasteiger partial charge on any atom is -0.478 e. The third-order valence-electron chi connectivity index (χ3n) is 4.14. The van der Waals surface area contributed by atoms with Crippen molar-refractivity contribution in [3.05, 3.63) is 83.9 Å². The van der Waals surface area contributed by atoms with Gasteiger partial charge in [0.25, 0.3) is 0 Å². The van der Waals surface area contributed by atoms with Crippen molar-refractivity contribution in [1.82, 2.24) is 4.98 Å². The molecule has 0 saturated heterocycles. The molecule has 26 heavy (non-hydrogen) atoms. The van der Waals surface area contributed by atoms with Crippen LogP contribution in [-0.4, -0.2) is 22.3 Å². The van der Waals surface area contributed by atoms with Crippen molar-refractivity contribution in [2.24, 2.45) is 5.10 Å². The molecule has 1 aromatic heterocycles. The minimum absolute atomic E-state index is 0.251. The monoisotopic (exact) mass is 341 g/mol. The highest BCUT2D eigenvalue weighted by Crippen LogP contribution is 2.30. The van der Waals surface area contributed by atoms with Gasteiger partial charge in [-0.3, -0.25) is 5.43 Å². The van der Waals surface area contributed by atoms with Crippen molar-refractivity contribution in [2.45, 2.75) is 0 Å². The second-order valence-corrected chi connectivity index (χ2v) is 5.82. The van der Waals surface area contributed by atoms with Gasteiger partial charge in [0.1, 0.15) is 0 Å². The van der Waals surface area contributed by atoms with Crippen molar-refractivity contribution in [3.63, 3.8) is 0 Å². The molecule has 5 nitrogen and oxygen atoms in total. The third-order valence-corrected chi connectivity index (χ3v) is 4.14. The molecule has 0 aliphatic heterocycles. The molecule has 4 rings (SSSR count). The average Bonchev–Trinajstić information content (AvgIpc) is 2.68. The van der Waals surface area contributed by atoms with E-state index in [-0.39, 0.29) is 5.56 Å². The van der Waals surface area contributed by atoms with Gasteiger partial charge >= 0.3 is 5.97 Å². The lowest BCUT2D eigenvalue weighted by molar-refractivity contribution is 0.0697. The zero-order valence-corrected chi connectivity index (χ0v) is 13.8. The molecule has 4 aromatic rings. The van der Waals surface area contributed by atoms with E-state index in [9.17, 15) is 4.79 Å². The number of carbonyl (C=O) groups is 1. The first-order valence-electron chi connectivity index (χ1n) is 8.12. The number of carboxylic acid groups (broad SMARTS) is 1. The van der Waals surface area contributed by atoms with Gasteiger partial charge in [0.05, 0.1) is 28.5 Å². The van der Waals surface area contributed by atoms with E-state index < -0.39 is 5.97 Å². The van der Waals surface area contributed by atoms with E-state index in [2.05, 4.69) is 15.5 Å². The number of hydrazone groups is 1. The Morgan fingerprint density at radius 2 is 1.46 bits per heavy atom. The quantitative estimate of drug-likeness (QED) is 0.325. The summed E-state index contributed by atoms with van der Waals surface area (Å²) in [6.07, 6.45) is 1.66. The first kappa shape index (κ1) is 15.8. The summed E-state index contributed by atoms with van der Waals surface area (Å²) in [6.45, 7) is 0. The Bertz CT molecular complexity index is 1080. The molecule has 0 spiro atoms. The number of para-hydroxylation sites is 2. The predicted octanol–water partition coefficient (Wildman–Crippen LogP) is 4.53. The van der Waals surface area contributed by atoms with Gasteiger partial charge in [-0.1, -0.05) is 48.5 Å². The summed E-state index contributed by atoms with van der Waals surface area (Å²) >= 11 is 0. The molecule has 2 N–H and O–H groups in total. The van der Waals surface area contributed by atoms with Crippen molar-refractivity contribution in [3.8, 4) is 0 Å². The summed E-state index contributed by atoms with van der Waals surface area (Å²) in [5, 5.41) is 15.3. The summed E-state index contributed by atoms with van der Waals surface area (Å²) in [5.74, 6) is -0.943. The van der Waals surface area contributed by atoms with Gasteiger partial charge in [-0.25, -0.2) is 9.78 Å². The van der Waals surface area contributed by atoms with Gasteiger partial charge in [0.2, 0.25) is 0 Å². The molecule has 1 heterocycles. The van der Waals surface area contributed by atoms with Crippen LogP contribution in [0.1, 0.15) is 15.9 Å². The number of hydrogen-bond donors (Lipinski definition) is 2.